The zero-order valence-corrected chi connectivity index (χ0v) is 10.6. The summed E-state index contributed by atoms with van der Waals surface area (Å²) in [5, 5.41) is 1.39. The molecule has 3 heteroatoms. The highest BCUT2D eigenvalue weighted by atomic mass is 32.2. The average Bonchev–Trinajstić information content (AvgIpc) is 2.40. The maximum atomic E-state index is 11.0. The van der Waals surface area contributed by atoms with Gasteiger partial charge in [-0.2, -0.15) is 0 Å². The smallest absolute Gasteiger partial charge is 0.179 e. The van der Waals surface area contributed by atoms with Crippen molar-refractivity contribution in [3.63, 3.8) is 0 Å². The van der Waals surface area contributed by atoms with Crippen molar-refractivity contribution < 1.29 is 8.76 Å². The molecule has 0 fully saturated rings. The van der Waals surface area contributed by atoms with Crippen molar-refractivity contribution in [2.24, 2.45) is 0 Å². The van der Waals surface area contributed by atoms with Crippen LogP contribution in [-0.4, -0.2) is 8.76 Å². The molecule has 0 aliphatic rings. The molecule has 1 unspecified atom stereocenters. The normalized spacial score (nSPS) is 13.3. The molecule has 0 aromatic heterocycles. The monoisotopic (exact) mass is 258 g/mol. The van der Waals surface area contributed by atoms with Crippen molar-refractivity contribution in [3.05, 3.63) is 77.2 Å². The van der Waals surface area contributed by atoms with E-state index in [0.717, 1.165) is 16.7 Å². The van der Waals surface area contributed by atoms with Gasteiger partial charge >= 0.3 is 0 Å². The minimum atomic E-state index is -1.93. The van der Waals surface area contributed by atoms with Gasteiger partial charge in [0.1, 0.15) is 0 Å². The Labute approximate surface area is 109 Å². The molecule has 2 aromatic rings. The quantitative estimate of drug-likeness (QED) is 0.852. The second-order valence-corrected chi connectivity index (χ2v) is 4.74. The molecule has 1 atom stereocenters. The molecule has 0 aliphatic heterocycles. The summed E-state index contributed by atoms with van der Waals surface area (Å²) in [4.78, 5) is 0. The molecule has 1 N–H and O–H groups in total. The van der Waals surface area contributed by atoms with Crippen LogP contribution < -0.4 is 0 Å². The average molecular weight is 258 g/mol. The maximum Gasteiger partial charge on any atom is 0.179 e. The van der Waals surface area contributed by atoms with Crippen LogP contribution in [0.3, 0.4) is 0 Å². The molecule has 2 nitrogen and oxygen atoms in total. The van der Waals surface area contributed by atoms with Crippen LogP contribution >= 0.6 is 0 Å². The lowest BCUT2D eigenvalue weighted by Gasteiger charge is -2.07. The summed E-state index contributed by atoms with van der Waals surface area (Å²) in [5.74, 6) is 0. The number of allylic oxidation sites excluding steroid dienone is 1. The molecular weight excluding hydrogens is 244 g/mol. The topological polar surface area (TPSA) is 37.3 Å². The number of hydrogen-bond acceptors (Lipinski definition) is 1. The van der Waals surface area contributed by atoms with Crippen LogP contribution in [0.2, 0.25) is 0 Å². The highest BCUT2D eigenvalue weighted by Crippen LogP contribution is 2.19. The van der Waals surface area contributed by atoms with Crippen LogP contribution in [0.5, 0.6) is 0 Å². The molecule has 0 amide bonds. The molecule has 0 bridgehead atoms. The van der Waals surface area contributed by atoms with E-state index in [4.69, 9.17) is 4.55 Å². The fraction of sp³-hybridized carbons (Fsp3) is 0.0667. The van der Waals surface area contributed by atoms with Crippen molar-refractivity contribution in [1.29, 1.82) is 0 Å². The molecular formula is C15H14O2S. The van der Waals surface area contributed by atoms with E-state index >= 15 is 0 Å². The van der Waals surface area contributed by atoms with Gasteiger partial charge in [-0.3, -0.25) is 0 Å². The Balaban J connectivity index is 2.31. The third kappa shape index (κ3) is 3.65. The lowest BCUT2D eigenvalue weighted by molar-refractivity contribution is 0.574. The summed E-state index contributed by atoms with van der Waals surface area (Å²) in [6.45, 7) is 0. The summed E-state index contributed by atoms with van der Waals surface area (Å²) in [6.07, 6.45) is 0.650. The van der Waals surface area contributed by atoms with Gasteiger partial charge in [-0.1, -0.05) is 60.7 Å². The number of benzene rings is 2. The van der Waals surface area contributed by atoms with E-state index in [-0.39, 0.29) is 0 Å². The van der Waals surface area contributed by atoms with Gasteiger partial charge in [0.05, 0.1) is 0 Å². The first kappa shape index (κ1) is 12.7. The molecule has 0 spiro atoms. The third-order valence-electron chi connectivity index (χ3n) is 2.63. The largest absolute Gasteiger partial charge is 0.303 e. The Kier molecular flexibility index (Phi) is 4.45. The molecule has 0 saturated heterocycles. The predicted octanol–water partition coefficient (Wildman–Crippen LogP) is 3.49. The van der Waals surface area contributed by atoms with E-state index in [1.807, 2.05) is 60.7 Å². The van der Waals surface area contributed by atoms with E-state index in [1.165, 1.54) is 5.41 Å². The predicted molar refractivity (Wildman–Crippen MR) is 75.3 cm³/mol. The minimum absolute atomic E-state index is 0.650. The fourth-order valence-electron chi connectivity index (χ4n) is 1.80. The van der Waals surface area contributed by atoms with Crippen molar-refractivity contribution >= 4 is 16.7 Å². The Hall–Kier alpha value is -1.71. The molecule has 2 rings (SSSR count). The maximum absolute atomic E-state index is 11.0. The van der Waals surface area contributed by atoms with Crippen LogP contribution in [0.25, 0.3) is 5.57 Å². The summed E-state index contributed by atoms with van der Waals surface area (Å²) < 4.78 is 20.1. The van der Waals surface area contributed by atoms with Crippen molar-refractivity contribution in [1.82, 2.24) is 0 Å². The SMILES string of the molecule is O=S(O)C=C(Cc1ccccc1)c1ccccc1. The van der Waals surface area contributed by atoms with Gasteiger partial charge in [-0.05, 0) is 23.1 Å². The Morgan fingerprint density at radius 3 is 2.11 bits per heavy atom. The first-order valence-electron chi connectivity index (χ1n) is 5.65. The first-order chi connectivity index (χ1) is 8.75. The Morgan fingerprint density at radius 1 is 1.00 bits per heavy atom. The van der Waals surface area contributed by atoms with E-state index in [9.17, 15) is 4.21 Å². The van der Waals surface area contributed by atoms with Crippen molar-refractivity contribution in [2.45, 2.75) is 6.42 Å². The van der Waals surface area contributed by atoms with Gasteiger partial charge < -0.3 is 4.55 Å². The molecule has 0 saturated carbocycles. The van der Waals surface area contributed by atoms with Gasteiger partial charge in [-0.15, -0.1) is 0 Å². The second-order valence-electron chi connectivity index (χ2n) is 3.95. The molecule has 18 heavy (non-hydrogen) atoms. The van der Waals surface area contributed by atoms with Crippen molar-refractivity contribution in [3.8, 4) is 0 Å². The first-order valence-corrected chi connectivity index (χ1v) is 6.82. The lowest BCUT2D eigenvalue weighted by Crippen LogP contribution is -1.93. The lowest BCUT2D eigenvalue weighted by atomic mass is 10.00. The van der Waals surface area contributed by atoms with Gasteiger partial charge in [0.15, 0.2) is 11.1 Å². The zero-order valence-electron chi connectivity index (χ0n) is 9.82. The number of rotatable bonds is 4. The zero-order chi connectivity index (χ0) is 12.8. The third-order valence-corrected chi connectivity index (χ3v) is 3.11. The highest BCUT2D eigenvalue weighted by Gasteiger charge is 2.04. The van der Waals surface area contributed by atoms with Crippen LogP contribution in [0, 0.1) is 0 Å². The number of hydrogen-bond donors (Lipinski definition) is 1. The Morgan fingerprint density at radius 2 is 1.56 bits per heavy atom. The molecule has 0 aliphatic carbocycles. The summed E-state index contributed by atoms with van der Waals surface area (Å²) in [6, 6.07) is 19.6. The van der Waals surface area contributed by atoms with Gasteiger partial charge in [0.2, 0.25) is 0 Å². The van der Waals surface area contributed by atoms with Crippen molar-refractivity contribution in [2.75, 3.05) is 0 Å². The van der Waals surface area contributed by atoms with E-state index in [2.05, 4.69) is 0 Å². The van der Waals surface area contributed by atoms with Gasteiger partial charge in [-0.25, -0.2) is 4.21 Å². The van der Waals surface area contributed by atoms with Gasteiger partial charge in [0.25, 0.3) is 0 Å². The van der Waals surface area contributed by atoms with Crippen LogP contribution in [-0.2, 0) is 17.5 Å². The van der Waals surface area contributed by atoms with Gasteiger partial charge in [0, 0.05) is 5.41 Å². The highest BCUT2D eigenvalue weighted by molar-refractivity contribution is 7.82. The summed E-state index contributed by atoms with van der Waals surface area (Å²) in [7, 11) is 0. The summed E-state index contributed by atoms with van der Waals surface area (Å²) >= 11 is -1.93. The Bertz CT molecular complexity index is 547. The molecule has 0 radical (unpaired) electrons. The van der Waals surface area contributed by atoms with Crippen LogP contribution in [0.1, 0.15) is 11.1 Å². The molecule has 2 aromatic carbocycles. The minimum Gasteiger partial charge on any atom is -0.303 e. The molecule has 92 valence electrons. The van der Waals surface area contributed by atoms with E-state index in [1.54, 1.807) is 0 Å². The van der Waals surface area contributed by atoms with Crippen LogP contribution in [0.15, 0.2) is 66.1 Å². The standard InChI is InChI=1S/C15H14O2S/c16-18(17)12-15(14-9-5-2-6-10-14)11-13-7-3-1-4-8-13/h1-10,12H,11H2,(H,16,17). The fourth-order valence-corrected chi connectivity index (χ4v) is 2.26. The van der Waals surface area contributed by atoms with E-state index in [0.29, 0.717) is 6.42 Å². The summed E-state index contributed by atoms with van der Waals surface area (Å²) in [5.41, 5.74) is 2.96. The second kappa shape index (κ2) is 6.28. The van der Waals surface area contributed by atoms with E-state index < -0.39 is 11.1 Å². The molecule has 0 heterocycles. The van der Waals surface area contributed by atoms with Crippen LogP contribution in [0.4, 0.5) is 0 Å².